The zero-order valence-corrected chi connectivity index (χ0v) is 7.76. The number of nitrogens with zero attached hydrogens (tertiary/aromatic N) is 1. The van der Waals surface area contributed by atoms with E-state index in [1.807, 2.05) is 0 Å². The third-order valence-electron chi connectivity index (χ3n) is 1.10. The number of allylic oxidation sites excluding steroid dienone is 1. The zero-order chi connectivity index (χ0) is 9.07. The second-order valence-electron chi connectivity index (χ2n) is 2.65. The van der Waals surface area contributed by atoms with Crippen LogP contribution in [0.5, 0.6) is 0 Å². The molecule has 0 saturated heterocycles. The monoisotopic (exact) mass is 177 g/mol. The van der Waals surface area contributed by atoms with Crippen molar-refractivity contribution in [1.82, 2.24) is 4.90 Å². The average molecular weight is 177 g/mol. The van der Waals surface area contributed by atoms with Gasteiger partial charge in [0.2, 0.25) is 7.37 Å². The van der Waals surface area contributed by atoms with Gasteiger partial charge in [-0.15, -0.1) is 0 Å². The van der Waals surface area contributed by atoms with Crippen LogP contribution in [0, 0.1) is 0 Å². The van der Waals surface area contributed by atoms with Crippen molar-refractivity contribution in [3.8, 4) is 0 Å². The van der Waals surface area contributed by atoms with E-state index >= 15 is 0 Å². The van der Waals surface area contributed by atoms with Crippen molar-refractivity contribution >= 4 is 13.3 Å². The van der Waals surface area contributed by atoms with Gasteiger partial charge in [-0.05, 0) is 0 Å². The van der Waals surface area contributed by atoms with E-state index < -0.39 is 7.37 Å². The summed E-state index contributed by atoms with van der Waals surface area (Å²) in [5.41, 5.74) is 0.221. The molecule has 64 valence electrons. The molecule has 0 radical (unpaired) electrons. The van der Waals surface area contributed by atoms with Crippen LogP contribution >= 0.6 is 7.37 Å². The molecule has 0 aliphatic heterocycles. The molecule has 11 heavy (non-hydrogen) atoms. The molecule has 1 atom stereocenters. The lowest BCUT2D eigenvalue weighted by Gasteiger charge is -2.14. The number of hydrogen-bond acceptors (Lipinski definition) is 3. The molecule has 4 nitrogen and oxygen atoms in total. The quantitative estimate of drug-likeness (QED) is 0.493. The molecule has 0 saturated carbocycles. The lowest BCUT2D eigenvalue weighted by atomic mass is 10.5. The Hall–Kier alpha value is -0.560. The first-order valence-electron chi connectivity index (χ1n) is 3.07. The first-order valence-corrected chi connectivity index (χ1v) is 5.36. The third kappa shape index (κ3) is 4.79. The highest BCUT2D eigenvalue weighted by Crippen LogP contribution is 2.36. The molecule has 1 N–H and O–H groups in total. The molecule has 0 heterocycles. The van der Waals surface area contributed by atoms with Crippen LogP contribution in [0.15, 0.2) is 5.70 Å². The summed E-state index contributed by atoms with van der Waals surface area (Å²) in [6.07, 6.45) is -0.108. The summed E-state index contributed by atoms with van der Waals surface area (Å²) in [4.78, 5) is 20.6. The van der Waals surface area contributed by atoms with Crippen molar-refractivity contribution in [3.63, 3.8) is 0 Å². The minimum absolute atomic E-state index is 0.108. The second kappa shape index (κ2) is 3.72. The Labute approximate surface area is 66.0 Å². The molecule has 0 fully saturated rings. The molecule has 0 spiro atoms. The maximum absolute atomic E-state index is 10.8. The van der Waals surface area contributed by atoms with Gasteiger partial charge < -0.3 is 9.79 Å². The number of carbonyl (C=O) groups excluding carboxylic acids is 1. The Morgan fingerprint density at radius 1 is 1.64 bits per heavy atom. The molecule has 0 aromatic rings. The zero-order valence-electron chi connectivity index (χ0n) is 6.87. The molecule has 0 rings (SSSR count). The average Bonchev–Trinajstić information content (AvgIpc) is 1.80. The summed E-state index contributed by atoms with van der Waals surface area (Å²) in [6, 6.07) is 0. The van der Waals surface area contributed by atoms with Crippen molar-refractivity contribution in [1.29, 1.82) is 0 Å². The van der Waals surface area contributed by atoms with E-state index in [-0.39, 0.29) is 11.9 Å². The number of hydrogen-bond donors (Lipinski definition) is 1. The van der Waals surface area contributed by atoms with Crippen LogP contribution in [0.4, 0.5) is 0 Å². The van der Waals surface area contributed by atoms with Gasteiger partial charge in [-0.2, -0.15) is 0 Å². The van der Waals surface area contributed by atoms with Crippen LogP contribution in [0.3, 0.4) is 0 Å². The number of rotatable bonds is 3. The van der Waals surface area contributed by atoms with Crippen molar-refractivity contribution in [2.45, 2.75) is 0 Å². The molecule has 0 aromatic carbocycles. The summed E-state index contributed by atoms with van der Waals surface area (Å²) < 4.78 is 10.8. The maximum Gasteiger partial charge on any atom is 0.204 e. The van der Waals surface area contributed by atoms with Crippen molar-refractivity contribution < 1.29 is 14.3 Å². The Morgan fingerprint density at radius 2 is 2.09 bits per heavy atom. The van der Waals surface area contributed by atoms with Crippen molar-refractivity contribution in [3.05, 3.63) is 5.70 Å². The van der Waals surface area contributed by atoms with Crippen molar-refractivity contribution in [2.75, 3.05) is 26.9 Å². The van der Waals surface area contributed by atoms with E-state index in [4.69, 9.17) is 4.89 Å². The molecule has 0 aliphatic carbocycles. The van der Waals surface area contributed by atoms with Gasteiger partial charge in [0.05, 0.1) is 6.16 Å². The molecular weight excluding hydrogens is 165 g/mol. The van der Waals surface area contributed by atoms with E-state index in [0.29, 0.717) is 0 Å². The fourth-order valence-corrected chi connectivity index (χ4v) is 1.45. The van der Waals surface area contributed by atoms with E-state index in [1.54, 1.807) is 20.0 Å². The summed E-state index contributed by atoms with van der Waals surface area (Å²) in [6.45, 7) is 1.22. The predicted molar refractivity (Wildman–Crippen MR) is 43.5 cm³/mol. The summed E-state index contributed by atoms with van der Waals surface area (Å²) in [7, 11) is 0.136. The van der Waals surface area contributed by atoms with Gasteiger partial charge in [0, 0.05) is 20.8 Å². The Balaban J connectivity index is 4.37. The van der Waals surface area contributed by atoms with Crippen LogP contribution in [-0.4, -0.2) is 42.7 Å². The van der Waals surface area contributed by atoms with Gasteiger partial charge in [0.1, 0.15) is 11.6 Å². The van der Waals surface area contributed by atoms with Gasteiger partial charge in [0.15, 0.2) is 0 Å². The van der Waals surface area contributed by atoms with Gasteiger partial charge >= 0.3 is 0 Å². The minimum atomic E-state index is -3.13. The van der Waals surface area contributed by atoms with Crippen LogP contribution in [0.1, 0.15) is 0 Å². The molecular formula is C6H12NO3P. The molecule has 0 bridgehead atoms. The SMILES string of the molecule is CN(C)C(=C=O)CP(C)(=O)O. The topological polar surface area (TPSA) is 57.6 Å². The van der Waals surface area contributed by atoms with Gasteiger partial charge in [0.25, 0.3) is 0 Å². The van der Waals surface area contributed by atoms with Crippen molar-refractivity contribution in [2.24, 2.45) is 0 Å². The highest BCUT2D eigenvalue weighted by atomic mass is 31.2. The van der Waals surface area contributed by atoms with Crippen LogP contribution in [0.25, 0.3) is 0 Å². The molecule has 0 aliphatic rings. The molecule has 5 heteroatoms. The van der Waals surface area contributed by atoms with E-state index in [2.05, 4.69) is 0 Å². The summed E-state index contributed by atoms with van der Waals surface area (Å²) >= 11 is 0. The lowest BCUT2D eigenvalue weighted by Crippen LogP contribution is -2.14. The summed E-state index contributed by atoms with van der Waals surface area (Å²) in [5.74, 6) is 1.62. The second-order valence-corrected chi connectivity index (χ2v) is 5.07. The third-order valence-corrected chi connectivity index (χ3v) is 1.99. The van der Waals surface area contributed by atoms with Crippen LogP contribution in [-0.2, 0) is 9.36 Å². The minimum Gasteiger partial charge on any atom is -0.372 e. The Morgan fingerprint density at radius 3 is 2.18 bits per heavy atom. The highest BCUT2D eigenvalue weighted by molar-refractivity contribution is 7.57. The van der Waals surface area contributed by atoms with Gasteiger partial charge in [-0.1, -0.05) is 0 Å². The fourth-order valence-electron chi connectivity index (χ4n) is 0.543. The normalized spacial score (nSPS) is 14.9. The molecule has 0 aromatic heterocycles. The fraction of sp³-hybridized carbons (Fsp3) is 0.667. The first kappa shape index (κ1) is 10.4. The van der Waals surface area contributed by atoms with Crippen LogP contribution in [0.2, 0.25) is 0 Å². The standard InChI is InChI=1S/C6H12NO3P/c1-7(2)6(4-8)5-11(3,9)10/h5H2,1-3H3,(H,9,10). The Bertz CT molecular complexity index is 224. The predicted octanol–water partition coefficient (Wildman–Crippen LogP) is 0.164. The molecule has 0 amide bonds. The van der Waals surface area contributed by atoms with Gasteiger partial charge in [-0.3, -0.25) is 4.57 Å². The van der Waals surface area contributed by atoms with Crippen LogP contribution < -0.4 is 0 Å². The van der Waals surface area contributed by atoms with E-state index in [1.165, 1.54) is 11.6 Å². The van der Waals surface area contributed by atoms with E-state index in [9.17, 15) is 9.36 Å². The largest absolute Gasteiger partial charge is 0.372 e. The smallest absolute Gasteiger partial charge is 0.204 e. The summed E-state index contributed by atoms with van der Waals surface area (Å²) in [5, 5.41) is 0. The lowest BCUT2D eigenvalue weighted by molar-refractivity contribution is 0.467. The first-order chi connectivity index (χ1) is 4.87. The highest BCUT2D eigenvalue weighted by Gasteiger charge is 2.14. The van der Waals surface area contributed by atoms with Gasteiger partial charge in [-0.25, -0.2) is 4.79 Å². The Kier molecular flexibility index (Phi) is 3.53. The van der Waals surface area contributed by atoms with E-state index in [0.717, 1.165) is 0 Å². The molecule has 1 unspecified atom stereocenters. The maximum atomic E-state index is 10.8.